The Balaban J connectivity index is 2.79. The predicted molar refractivity (Wildman–Crippen MR) is 74.0 cm³/mol. The van der Waals surface area contributed by atoms with E-state index in [0.29, 0.717) is 12.5 Å². The normalized spacial score (nSPS) is 10.2. The minimum atomic E-state index is -0.475. The van der Waals surface area contributed by atoms with Gasteiger partial charge in [-0.2, -0.15) is 0 Å². The molecule has 0 aliphatic heterocycles. The Morgan fingerprint density at radius 3 is 2.84 bits per heavy atom. The smallest absolute Gasteiger partial charge is 0.310 e. The molecule has 0 aliphatic carbocycles. The fraction of sp³-hybridized carbons (Fsp3) is 0.429. The van der Waals surface area contributed by atoms with Crippen LogP contribution in [-0.4, -0.2) is 18.1 Å². The minimum absolute atomic E-state index is 0.0176. The summed E-state index contributed by atoms with van der Waals surface area (Å²) in [6.07, 6.45) is 5.10. The second-order valence-corrected chi connectivity index (χ2v) is 4.58. The van der Waals surface area contributed by atoms with Gasteiger partial charge in [-0.25, -0.2) is 0 Å². The molecule has 0 fully saturated rings. The van der Waals surface area contributed by atoms with E-state index in [9.17, 15) is 10.1 Å². The highest BCUT2D eigenvalue weighted by Crippen LogP contribution is 2.27. The number of nitro benzene ring substituents is 1. The maximum absolute atomic E-state index is 10.9. The number of terminal acetylenes is 1. The third kappa shape index (κ3) is 4.98. The van der Waals surface area contributed by atoms with Crippen LogP contribution < -0.4 is 10.1 Å². The van der Waals surface area contributed by atoms with Crippen molar-refractivity contribution >= 4 is 5.69 Å². The summed E-state index contributed by atoms with van der Waals surface area (Å²) < 4.78 is 5.21. The quantitative estimate of drug-likeness (QED) is 0.465. The number of nitrogens with one attached hydrogen (secondary N) is 1. The lowest BCUT2D eigenvalue weighted by Gasteiger charge is -2.09. The molecular formula is C14H18N2O3. The molecule has 0 unspecified atom stereocenters. The molecule has 0 aromatic heterocycles. The second kappa shape index (κ2) is 7.39. The number of benzene rings is 1. The van der Waals surface area contributed by atoms with Gasteiger partial charge in [-0.3, -0.25) is 10.1 Å². The molecule has 19 heavy (non-hydrogen) atoms. The van der Waals surface area contributed by atoms with Crippen LogP contribution in [0.2, 0.25) is 0 Å². The van der Waals surface area contributed by atoms with Crippen LogP contribution in [0.25, 0.3) is 0 Å². The first-order valence-corrected chi connectivity index (χ1v) is 6.09. The molecule has 0 radical (unpaired) electrons. The third-order valence-corrected chi connectivity index (χ3v) is 2.41. The van der Waals surface area contributed by atoms with Crippen molar-refractivity contribution in [3.63, 3.8) is 0 Å². The first kappa shape index (κ1) is 15.0. The van der Waals surface area contributed by atoms with Crippen LogP contribution in [0.15, 0.2) is 18.2 Å². The van der Waals surface area contributed by atoms with Crippen molar-refractivity contribution in [2.45, 2.75) is 20.4 Å². The molecule has 5 nitrogen and oxygen atoms in total. The van der Waals surface area contributed by atoms with Gasteiger partial charge in [-0.1, -0.05) is 25.8 Å². The average molecular weight is 262 g/mol. The number of ether oxygens (including phenoxy) is 1. The summed E-state index contributed by atoms with van der Waals surface area (Å²) in [6, 6.07) is 4.81. The summed E-state index contributed by atoms with van der Waals surface area (Å²) in [5, 5.41) is 14.1. The number of hydrogen-bond acceptors (Lipinski definition) is 4. The van der Waals surface area contributed by atoms with E-state index in [1.54, 1.807) is 12.1 Å². The SMILES string of the molecule is C#CCOc1cc(CNCC(C)C)ccc1[N+](=O)[O-]. The Labute approximate surface area is 113 Å². The van der Waals surface area contributed by atoms with Gasteiger partial charge >= 0.3 is 5.69 Å². The lowest BCUT2D eigenvalue weighted by molar-refractivity contribution is -0.385. The van der Waals surface area contributed by atoms with E-state index in [0.717, 1.165) is 12.1 Å². The maximum atomic E-state index is 10.9. The Bertz CT molecular complexity index is 478. The summed E-state index contributed by atoms with van der Waals surface area (Å²) in [5.74, 6) is 3.07. The van der Waals surface area contributed by atoms with Crippen molar-refractivity contribution in [2.75, 3.05) is 13.2 Å². The molecule has 0 spiro atoms. The third-order valence-electron chi connectivity index (χ3n) is 2.41. The van der Waals surface area contributed by atoms with Gasteiger partial charge < -0.3 is 10.1 Å². The molecule has 1 N–H and O–H groups in total. The van der Waals surface area contributed by atoms with Crippen LogP contribution >= 0.6 is 0 Å². The molecule has 0 heterocycles. The molecule has 0 bridgehead atoms. The first-order chi connectivity index (χ1) is 9.04. The van der Waals surface area contributed by atoms with Crippen LogP contribution in [-0.2, 0) is 6.54 Å². The molecule has 1 rings (SSSR count). The van der Waals surface area contributed by atoms with E-state index in [1.807, 2.05) is 0 Å². The van der Waals surface area contributed by atoms with Crippen LogP contribution in [0, 0.1) is 28.4 Å². The zero-order chi connectivity index (χ0) is 14.3. The van der Waals surface area contributed by atoms with Crippen molar-refractivity contribution in [1.29, 1.82) is 0 Å². The second-order valence-electron chi connectivity index (χ2n) is 4.58. The standard InChI is InChI=1S/C14H18N2O3/c1-4-7-19-14-8-12(10-15-9-11(2)3)5-6-13(14)16(17)18/h1,5-6,8,11,15H,7,9-10H2,2-3H3. The van der Waals surface area contributed by atoms with Gasteiger partial charge in [0, 0.05) is 12.6 Å². The topological polar surface area (TPSA) is 64.4 Å². The van der Waals surface area contributed by atoms with E-state index < -0.39 is 4.92 Å². The number of nitro groups is 1. The highest BCUT2D eigenvalue weighted by Gasteiger charge is 2.15. The zero-order valence-corrected chi connectivity index (χ0v) is 11.2. The van der Waals surface area contributed by atoms with E-state index in [1.165, 1.54) is 6.07 Å². The van der Waals surface area contributed by atoms with Crippen molar-refractivity contribution in [3.05, 3.63) is 33.9 Å². The van der Waals surface area contributed by atoms with Gasteiger partial charge in [-0.15, -0.1) is 6.42 Å². The lowest BCUT2D eigenvalue weighted by atomic mass is 10.1. The van der Waals surface area contributed by atoms with Crippen molar-refractivity contribution < 1.29 is 9.66 Å². The van der Waals surface area contributed by atoms with Gasteiger partial charge in [-0.05, 0) is 24.1 Å². The predicted octanol–water partition coefficient (Wildman–Crippen LogP) is 2.35. The average Bonchev–Trinajstić information content (AvgIpc) is 2.35. The highest BCUT2D eigenvalue weighted by molar-refractivity contribution is 5.48. The number of rotatable bonds is 7. The van der Waals surface area contributed by atoms with Gasteiger partial charge in [0.25, 0.3) is 0 Å². The summed E-state index contributed by atoms with van der Waals surface area (Å²) in [6.45, 7) is 5.78. The van der Waals surface area contributed by atoms with E-state index in [2.05, 4.69) is 25.1 Å². The Morgan fingerprint density at radius 1 is 1.53 bits per heavy atom. The molecule has 1 aromatic rings. The maximum Gasteiger partial charge on any atom is 0.310 e. The van der Waals surface area contributed by atoms with Crippen molar-refractivity contribution in [3.8, 4) is 18.1 Å². The van der Waals surface area contributed by atoms with E-state index in [4.69, 9.17) is 11.2 Å². The Hall–Kier alpha value is -2.06. The molecular weight excluding hydrogens is 244 g/mol. The van der Waals surface area contributed by atoms with Crippen molar-refractivity contribution in [1.82, 2.24) is 5.32 Å². The summed E-state index contributed by atoms with van der Waals surface area (Å²) >= 11 is 0. The number of nitrogens with zero attached hydrogens (tertiary/aromatic N) is 1. The molecule has 102 valence electrons. The fourth-order valence-corrected chi connectivity index (χ4v) is 1.56. The fourth-order valence-electron chi connectivity index (χ4n) is 1.56. The molecule has 5 heteroatoms. The van der Waals surface area contributed by atoms with Crippen LogP contribution in [0.3, 0.4) is 0 Å². The summed E-state index contributed by atoms with van der Waals surface area (Å²) in [7, 11) is 0. The Kier molecular flexibility index (Phi) is 5.83. The van der Waals surface area contributed by atoms with Gasteiger partial charge in [0.05, 0.1) is 4.92 Å². The van der Waals surface area contributed by atoms with Crippen LogP contribution in [0.1, 0.15) is 19.4 Å². The largest absolute Gasteiger partial charge is 0.474 e. The Morgan fingerprint density at radius 2 is 2.26 bits per heavy atom. The molecule has 0 saturated heterocycles. The van der Waals surface area contributed by atoms with Gasteiger partial charge in [0.2, 0.25) is 0 Å². The molecule has 0 saturated carbocycles. The minimum Gasteiger partial charge on any atom is -0.474 e. The van der Waals surface area contributed by atoms with Crippen LogP contribution in [0.4, 0.5) is 5.69 Å². The highest BCUT2D eigenvalue weighted by atomic mass is 16.6. The molecule has 0 atom stereocenters. The zero-order valence-electron chi connectivity index (χ0n) is 11.2. The van der Waals surface area contributed by atoms with E-state index in [-0.39, 0.29) is 18.0 Å². The summed E-state index contributed by atoms with van der Waals surface area (Å²) in [5.41, 5.74) is 0.862. The lowest BCUT2D eigenvalue weighted by Crippen LogP contribution is -2.19. The number of hydrogen-bond donors (Lipinski definition) is 1. The monoisotopic (exact) mass is 262 g/mol. The van der Waals surface area contributed by atoms with Crippen LogP contribution in [0.5, 0.6) is 5.75 Å². The molecule has 0 aliphatic rings. The van der Waals surface area contributed by atoms with Gasteiger partial charge in [0.15, 0.2) is 5.75 Å². The summed E-state index contributed by atoms with van der Waals surface area (Å²) in [4.78, 5) is 10.4. The molecule has 0 amide bonds. The van der Waals surface area contributed by atoms with Crippen molar-refractivity contribution in [2.24, 2.45) is 5.92 Å². The first-order valence-electron chi connectivity index (χ1n) is 6.09. The molecule has 1 aromatic carbocycles. The van der Waals surface area contributed by atoms with E-state index >= 15 is 0 Å². The van der Waals surface area contributed by atoms with Gasteiger partial charge in [0.1, 0.15) is 6.61 Å².